The normalized spacial score (nSPS) is 17.4. The Morgan fingerprint density at radius 2 is 1.85 bits per heavy atom. The van der Waals surface area contributed by atoms with Crippen LogP contribution in [0.5, 0.6) is 0 Å². The molecule has 1 N–H and O–H groups in total. The summed E-state index contributed by atoms with van der Waals surface area (Å²) >= 11 is 0. The van der Waals surface area contributed by atoms with Gasteiger partial charge in [0.15, 0.2) is 0 Å². The first-order chi connectivity index (χ1) is 16.0. The Bertz CT molecular complexity index is 1380. The first kappa shape index (κ1) is 20.2. The van der Waals surface area contributed by atoms with Gasteiger partial charge < -0.3 is 9.88 Å². The second-order valence-electron chi connectivity index (χ2n) is 9.63. The van der Waals surface area contributed by atoms with Gasteiger partial charge in [-0.25, -0.2) is 4.98 Å². The molecule has 2 aliphatic rings. The Kier molecular flexibility index (Phi) is 4.63. The van der Waals surface area contributed by atoms with Gasteiger partial charge in [0.05, 0.1) is 0 Å². The van der Waals surface area contributed by atoms with Crippen molar-refractivity contribution in [3.8, 4) is 22.3 Å². The number of nitrogens with one attached hydrogen (secondary N) is 1. The Morgan fingerprint density at radius 1 is 1.06 bits per heavy atom. The number of fused-ring (bicyclic) bond motifs is 1. The summed E-state index contributed by atoms with van der Waals surface area (Å²) in [7, 11) is 5.79. The lowest BCUT2D eigenvalue weighted by Gasteiger charge is -2.26. The molecule has 1 aliphatic carbocycles. The van der Waals surface area contributed by atoms with E-state index < -0.39 is 0 Å². The molecule has 3 heterocycles. The van der Waals surface area contributed by atoms with E-state index in [1.54, 1.807) is 24.6 Å². The van der Waals surface area contributed by atoms with Crippen molar-refractivity contribution in [1.29, 1.82) is 0 Å². The van der Waals surface area contributed by atoms with Crippen LogP contribution in [0.4, 0.5) is 0 Å². The minimum Gasteiger partial charge on any atom is -0.346 e. The van der Waals surface area contributed by atoms with Gasteiger partial charge in [-0.05, 0) is 78.4 Å². The standard InChI is InChI=1S/C28H28N4O/c1-31(2)28(33)18-9-7-17(8-10-18)24-15-30-27-23(24)13-21(14-29-27)20-11-19-5-4-6-25-26(19)22(12-20)16-32(25)3/h7-15,25H,4-6,16H2,1-3H3,(H,29,30). The highest BCUT2D eigenvalue weighted by Gasteiger charge is 2.32. The van der Waals surface area contributed by atoms with Crippen LogP contribution < -0.4 is 0 Å². The zero-order chi connectivity index (χ0) is 22.7. The van der Waals surface area contributed by atoms with Gasteiger partial charge in [-0.2, -0.15) is 0 Å². The SMILES string of the molecule is CN(C)C(=O)c1ccc(-c2c[nH]c3ncc(-c4cc5c6c(c4)CN(C)C6CCC5)cc23)cc1. The maximum Gasteiger partial charge on any atom is 0.253 e. The number of carbonyl (C=O) groups is 1. The zero-order valence-electron chi connectivity index (χ0n) is 19.4. The van der Waals surface area contributed by atoms with E-state index in [2.05, 4.69) is 35.1 Å². The molecule has 0 radical (unpaired) electrons. The van der Waals surface area contributed by atoms with E-state index in [0.717, 1.165) is 34.3 Å². The summed E-state index contributed by atoms with van der Waals surface area (Å²) in [6.07, 6.45) is 7.69. The van der Waals surface area contributed by atoms with E-state index in [9.17, 15) is 4.79 Å². The first-order valence-electron chi connectivity index (χ1n) is 11.6. The molecule has 0 bridgehead atoms. The molecule has 2 aromatic carbocycles. The molecule has 6 rings (SSSR count). The van der Waals surface area contributed by atoms with Crippen molar-refractivity contribution in [3.05, 3.63) is 77.1 Å². The van der Waals surface area contributed by atoms with Gasteiger partial charge in [-0.1, -0.05) is 18.2 Å². The van der Waals surface area contributed by atoms with Gasteiger partial charge in [-0.3, -0.25) is 9.69 Å². The second-order valence-corrected chi connectivity index (χ2v) is 9.63. The van der Waals surface area contributed by atoms with Crippen molar-refractivity contribution >= 4 is 16.9 Å². The number of pyridine rings is 1. The summed E-state index contributed by atoms with van der Waals surface area (Å²) in [5, 5.41) is 1.10. The van der Waals surface area contributed by atoms with Crippen LogP contribution in [0, 0.1) is 0 Å². The summed E-state index contributed by atoms with van der Waals surface area (Å²) in [6.45, 7) is 1.03. The Morgan fingerprint density at radius 3 is 2.64 bits per heavy atom. The zero-order valence-corrected chi connectivity index (χ0v) is 19.4. The van der Waals surface area contributed by atoms with Gasteiger partial charge in [0.2, 0.25) is 0 Å². The molecule has 33 heavy (non-hydrogen) atoms. The molecule has 1 amide bonds. The average molecular weight is 437 g/mol. The monoisotopic (exact) mass is 436 g/mol. The van der Waals surface area contributed by atoms with Crippen LogP contribution in [0.25, 0.3) is 33.3 Å². The summed E-state index contributed by atoms with van der Waals surface area (Å²) in [5.74, 6) is 0.0119. The molecule has 5 nitrogen and oxygen atoms in total. The second kappa shape index (κ2) is 7.56. The van der Waals surface area contributed by atoms with Crippen LogP contribution in [-0.2, 0) is 13.0 Å². The van der Waals surface area contributed by atoms with E-state index in [1.165, 1.54) is 36.0 Å². The fourth-order valence-electron chi connectivity index (χ4n) is 5.61. The molecule has 0 saturated heterocycles. The quantitative estimate of drug-likeness (QED) is 0.466. The minimum atomic E-state index is 0.0119. The lowest BCUT2D eigenvalue weighted by atomic mass is 9.85. The summed E-state index contributed by atoms with van der Waals surface area (Å²) in [6, 6.07) is 15.4. The van der Waals surface area contributed by atoms with Crippen molar-refractivity contribution in [1.82, 2.24) is 19.8 Å². The van der Waals surface area contributed by atoms with Crippen LogP contribution >= 0.6 is 0 Å². The summed E-state index contributed by atoms with van der Waals surface area (Å²) < 4.78 is 0. The third kappa shape index (κ3) is 3.26. The number of aromatic amines is 1. The number of rotatable bonds is 3. The minimum absolute atomic E-state index is 0.0119. The predicted molar refractivity (Wildman–Crippen MR) is 132 cm³/mol. The van der Waals surface area contributed by atoms with Gasteiger partial charge in [0, 0.05) is 61.2 Å². The highest BCUT2D eigenvalue weighted by Crippen LogP contribution is 2.44. The van der Waals surface area contributed by atoms with E-state index >= 15 is 0 Å². The maximum atomic E-state index is 12.2. The number of carbonyl (C=O) groups excluding carboxylic acids is 1. The van der Waals surface area contributed by atoms with Crippen LogP contribution in [0.15, 0.2) is 54.9 Å². The smallest absolute Gasteiger partial charge is 0.253 e. The number of aryl methyl sites for hydroxylation is 1. The first-order valence-corrected chi connectivity index (χ1v) is 11.6. The number of hydrogen-bond donors (Lipinski definition) is 1. The average Bonchev–Trinajstić information content (AvgIpc) is 3.40. The fraction of sp³-hybridized carbons (Fsp3) is 0.286. The molecule has 0 fully saturated rings. The molecule has 5 heteroatoms. The topological polar surface area (TPSA) is 52.2 Å². The largest absolute Gasteiger partial charge is 0.346 e. The molecule has 1 aliphatic heterocycles. The molecule has 1 unspecified atom stereocenters. The molecule has 0 spiro atoms. The van der Waals surface area contributed by atoms with Crippen LogP contribution in [0.2, 0.25) is 0 Å². The highest BCUT2D eigenvalue weighted by atomic mass is 16.2. The fourth-order valence-corrected chi connectivity index (χ4v) is 5.61. The van der Waals surface area contributed by atoms with Crippen LogP contribution in [0.1, 0.15) is 45.9 Å². The van der Waals surface area contributed by atoms with Crippen molar-refractivity contribution in [3.63, 3.8) is 0 Å². The summed E-state index contributed by atoms with van der Waals surface area (Å²) in [4.78, 5) is 24.4. The van der Waals surface area contributed by atoms with Crippen LogP contribution in [0.3, 0.4) is 0 Å². The van der Waals surface area contributed by atoms with Gasteiger partial charge in [0.25, 0.3) is 5.91 Å². The molecule has 4 aromatic rings. The maximum absolute atomic E-state index is 12.2. The van der Waals surface area contributed by atoms with E-state index in [0.29, 0.717) is 11.6 Å². The number of amides is 1. The van der Waals surface area contributed by atoms with Crippen molar-refractivity contribution in [2.75, 3.05) is 21.1 Å². The summed E-state index contributed by atoms with van der Waals surface area (Å²) in [5.41, 5.74) is 10.7. The Labute approximate surface area is 194 Å². The van der Waals surface area contributed by atoms with Gasteiger partial charge >= 0.3 is 0 Å². The molecule has 0 saturated carbocycles. The lowest BCUT2D eigenvalue weighted by molar-refractivity contribution is 0.0827. The lowest BCUT2D eigenvalue weighted by Crippen LogP contribution is -2.21. The highest BCUT2D eigenvalue weighted by molar-refractivity contribution is 5.98. The van der Waals surface area contributed by atoms with Crippen LogP contribution in [-0.4, -0.2) is 46.8 Å². The number of hydrogen-bond acceptors (Lipinski definition) is 3. The molecule has 1 atom stereocenters. The van der Waals surface area contributed by atoms with Gasteiger partial charge in [-0.15, -0.1) is 0 Å². The number of nitrogens with zero attached hydrogens (tertiary/aromatic N) is 3. The number of H-pyrrole nitrogens is 1. The molecular formula is C28H28N4O. The van der Waals surface area contributed by atoms with E-state index in [4.69, 9.17) is 4.98 Å². The van der Waals surface area contributed by atoms with E-state index in [1.807, 2.05) is 36.7 Å². The number of aromatic nitrogens is 2. The predicted octanol–water partition coefficient (Wildman–Crippen LogP) is 5.42. The number of benzene rings is 2. The molecule has 166 valence electrons. The Balaban J connectivity index is 1.40. The third-order valence-corrected chi connectivity index (χ3v) is 7.27. The van der Waals surface area contributed by atoms with Crippen molar-refractivity contribution in [2.45, 2.75) is 31.8 Å². The van der Waals surface area contributed by atoms with Gasteiger partial charge in [0.1, 0.15) is 5.65 Å². The van der Waals surface area contributed by atoms with Crippen molar-refractivity contribution in [2.24, 2.45) is 0 Å². The molecule has 2 aromatic heterocycles. The third-order valence-electron chi connectivity index (χ3n) is 7.27. The Hall–Kier alpha value is -3.44. The van der Waals surface area contributed by atoms with Crippen molar-refractivity contribution < 1.29 is 4.79 Å². The van der Waals surface area contributed by atoms with E-state index in [-0.39, 0.29) is 5.91 Å². The molecular weight excluding hydrogens is 408 g/mol.